The zero-order chi connectivity index (χ0) is 22.8. The highest BCUT2D eigenvalue weighted by atomic mass is 16.2. The second-order valence-electron chi connectivity index (χ2n) is 8.06. The third kappa shape index (κ3) is 4.08. The molecular formula is C24H27N5O3. The van der Waals surface area contributed by atoms with Crippen LogP contribution in [0.15, 0.2) is 37.2 Å². The van der Waals surface area contributed by atoms with Crippen molar-refractivity contribution >= 4 is 40.9 Å². The van der Waals surface area contributed by atoms with Crippen molar-refractivity contribution in [2.45, 2.75) is 32.7 Å². The molecule has 166 valence electrons. The van der Waals surface area contributed by atoms with Gasteiger partial charge in [0.1, 0.15) is 5.82 Å². The summed E-state index contributed by atoms with van der Waals surface area (Å²) in [5, 5.41) is 8.68. The summed E-state index contributed by atoms with van der Waals surface area (Å²) in [6.45, 7) is 6.32. The zero-order valence-electron chi connectivity index (χ0n) is 18.3. The number of ketones is 1. The van der Waals surface area contributed by atoms with Crippen molar-refractivity contribution in [2.75, 3.05) is 17.7 Å². The van der Waals surface area contributed by atoms with Crippen molar-refractivity contribution in [1.82, 2.24) is 14.9 Å². The molecule has 1 fully saturated rings. The summed E-state index contributed by atoms with van der Waals surface area (Å²) in [6, 6.07) is 1.63. The molecule has 32 heavy (non-hydrogen) atoms. The van der Waals surface area contributed by atoms with Crippen LogP contribution < -0.4 is 16.0 Å². The summed E-state index contributed by atoms with van der Waals surface area (Å²) in [5.41, 5.74) is 2.77. The van der Waals surface area contributed by atoms with E-state index in [4.69, 9.17) is 0 Å². The van der Waals surface area contributed by atoms with Crippen LogP contribution in [0.25, 0.3) is 6.08 Å². The Morgan fingerprint density at radius 2 is 2.09 bits per heavy atom. The molecule has 1 saturated carbocycles. The van der Waals surface area contributed by atoms with Gasteiger partial charge in [0.25, 0.3) is 5.91 Å². The highest BCUT2D eigenvalue weighted by Gasteiger charge is 2.31. The number of nitrogens with one attached hydrogen (secondary N) is 3. The summed E-state index contributed by atoms with van der Waals surface area (Å²) in [4.78, 5) is 42.0. The fourth-order valence-electron chi connectivity index (χ4n) is 3.86. The number of hydrogen-bond acceptors (Lipinski definition) is 5. The van der Waals surface area contributed by atoms with E-state index in [0.717, 1.165) is 18.5 Å². The maximum Gasteiger partial charge on any atom is 0.254 e. The van der Waals surface area contributed by atoms with E-state index in [9.17, 15) is 14.4 Å². The summed E-state index contributed by atoms with van der Waals surface area (Å²) in [6.07, 6.45) is 11.4. The Kier molecular flexibility index (Phi) is 5.94. The molecule has 0 radical (unpaired) electrons. The SMILES string of the molecule is C=CCn1cc(Nc2cc(NC(=O)C3CC3)ncc2C(=O)NC)c2c1C=CC(CC)C2=O. The molecule has 2 aliphatic carbocycles. The van der Waals surface area contributed by atoms with Gasteiger partial charge in [0.2, 0.25) is 5.91 Å². The van der Waals surface area contributed by atoms with Crippen LogP contribution in [0.1, 0.15) is 52.6 Å². The van der Waals surface area contributed by atoms with Crippen LogP contribution >= 0.6 is 0 Å². The summed E-state index contributed by atoms with van der Waals surface area (Å²) < 4.78 is 1.95. The summed E-state index contributed by atoms with van der Waals surface area (Å²) in [7, 11) is 1.54. The number of fused-ring (bicyclic) bond motifs is 1. The summed E-state index contributed by atoms with van der Waals surface area (Å²) in [5.74, 6) is -0.162. The molecule has 0 bridgehead atoms. The molecule has 1 atom stereocenters. The molecule has 2 amide bonds. The van der Waals surface area contributed by atoms with Gasteiger partial charge < -0.3 is 20.5 Å². The molecule has 2 aromatic rings. The molecule has 2 heterocycles. The molecule has 8 nitrogen and oxygen atoms in total. The van der Waals surface area contributed by atoms with Gasteiger partial charge in [-0.2, -0.15) is 0 Å². The van der Waals surface area contributed by atoms with Crippen LogP contribution in [0, 0.1) is 11.8 Å². The first-order chi connectivity index (χ1) is 15.5. The molecule has 0 aliphatic heterocycles. The first-order valence-corrected chi connectivity index (χ1v) is 10.8. The Morgan fingerprint density at radius 1 is 1.31 bits per heavy atom. The maximum atomic E-state index is 13.2. The van der Waals surface area contributed by atoms with Gasteiger partial charge in [-0.1, -0.05) is 19.1 Å². The molecule has 0 aromatic carbocycles. The van der Waals surface area contributed by atoms with Crippen molar-refractivity contribution in [3.63, 3.8) is 0 Å². The lowest BCUT2D eigenvalue weighted by Crippen LogP contribution is -2.21. The van der Waals surface area contributed by atoms with Crippen molar-refractivity contribution < 1.29 is 14.4 Å². The van der Waals surface area contributed by atoms with E-state index in [0.29, 0.717) is 41.3 Å². The number of Topliss-reactive ketones (excluding diaryl/α,β-unsaturated/α-hetero) is 1. The van der Waals surface area contributed by atoms with Gasteiger partial charge in [0.05, 0.1) is 28.2 Å². The van der Waals surface area contributed by atoms with Gasteiger partial charge in [0, 0.05) is 43.9 Å². The fraction of sp³-hybridized carbons (Fsp3) is 0.333. The van der Waals surface area contributed by atoms with Crippen LogP contribution in [0.2, 0.25) is 0 Å². The van der Waals surface area contributed by atoms with Crippen LogP contribution in [-0.2, 0) is 11.3 Å². The fourth-order valence-corrected chi connectivity index (χ4v) is 3.86. The van der Waals surface area contributed by atoms with Gasteiger partial charge in [-0.15, -0.1) is 6.58 Å². The molecule has 4 rings (SSSR count). The number of aromatic nitrogens is 2. The predicted octanol–water partition coefficient (Wildman–Crippen LogP) is 3.76. The van der Waals surface area contributed by atoms with Crippen molar-refractivity contribution in [3.8, 4) is 0 Å². The van der Waals surface area contributed by atoms with E-state index < -0.39 is 0 Å². The van der Waals surface area contributed by atoms with Gasteiger partial charge in [-0.05, 0) is 25.3 Å². The lowest BCUT2D eigenvalue weighted by Gasteiger charge is -2.18. The minimum atomic E-state index is -0.322. The molecule has 0 spiro atoms. The van der Waals surface area contributed by atoms with Crippen molar-refractivity contribution in [2.24, 2.45) is 11.8 Å². The van der Waals surface area contributed by atoms with Crippen LogP contribution in [0.5, 0.6) is 0 Å². The number of pyridine rings is 1. The average molecular weight is 434 g/mol. The number of nitrogens with zero attached hydrogens (tertiary/aromatic N) is 2. The van der Waals surface area contributed by atoms with Crippen LogP contribution in [-0.4, -0.2) is 34.2 Å². The van der Waals surface area contributed by atoms with Crippen molar-refractivity contribution in [1.29, 1.82) is 0 Å². The average Bonchev–Trinajstić information content (AvgIpc) is 3.58. The molecule has 3 N–H and O–H groups in total. The highest BCUT2D eigenvalue weighted by Crippen LogP contribution is 2.35. The first-order valence-electron chi connectivity index (χ1n) is 10.8. The Labute approximate surface area is 186 Å². The van der Waals surface area contributed by atoms with Gasteiger partial charge in [-0.25, -0.2) is 4.98 Å². The Morgan fingerprint density at radius 3 is 2.75 bits per heavy atom. The molecule has 0 saturated heterocycles. The first kappa shape index (κ1) is 21.5. The van der Waals surface area contributed by atoms with E-state index in [1.165, 1.54) is 13.2 Å². The topological polar surface area (TPSA) is 105 Å². The van der Waals surface area contributed by atoms with E-state index in [-0.39, 0.29) is 29.4 Å². The zero-order valence-corrected chi connectivity index (χ0v) is 18.3. The second-order valence-corrected chi connectivity index (χ2v) is 8.06. The number of anilines is 3. The molecular weight excluding hydrogens is 406 g/mol. The van der Waals surface area contributed by atoms with Gasteiger partial charge in [-0.3, -0.25) is 14.4 Å². The number of hydrogen-bond donors (Lipinski definition) is 3. The van der Waals surface area contributed by atoms with E-state index >= 15 is 0 Å². The molecule has 8 heteroatoms. The third-order valence-corrected chi connectivity index (χ3v) is 5.80. The number of carbonyl (C=O) groups is 3. The molecule has 2 aromatic heterocycles. The molecule has 2 aliphatic rings. The lowest BCUT2D eigenvalue weighted by atomic mass is 9.89. The van der Waals surface area contributed by atoms with Gasteiger partial charge in [0.15, 0.2) is 5.78 Å². The second kappa shape index (κ2) is 8.82. The minimum absolute atomic E-state index is 0.0298. The summed E-state index contributed by atoms with van der Waals surface area (Å²) >= 11 is 0. The smallest absolute Gasteiger partial charge is 0.254 e. The highest BCUT2D eigenvalue weighted by molar-refractivity contribution is 6.10. The standard InChI is InChI=1S/C24H27N5O3/c1-4-10-29-13-18(21-19(29)9-8-14(5-2)22(21)30)27-17-11-20(28-23(31)15-6-7-15)26-12-16(17)24(32)25-3/h4,8-9,11-15H,1,5-7,10H2,2-3H3,(H,25,32)(H2,26,27,28,31). The van der Waals surface area contributed by atoms with Crippen molar-refractivity contribution in [3.05, 3.63) is 54.0 Å². The largest absolute Gasteiger partial charge is 0.355 e. The van der Waals surface area contributed by atoms with E-state index in [1.807, 2.05) is 29.8 Å². The predicted molar refractivity (Wildman–Crippen MR) is 124 cm³/mol. The number of rotatable bonds is 8. The Bertz CT molecular complexity index is 1130. The quantitative estimate of drug-likeness (QED) is 0.550. The van der Waals surface area contributed by atoms with Crippen LogP contribution in [0.4, 0.5) is 17.2 Å². The molecule has 1 unspecified atom stereocenters. The minimum Gasteiger partial charge on any atom is -0.355 e. The maximum absolute atomic E-state index is 13.2. The number of amides is 2. The number of carbonyl (C=O) groups excluding carboxylic acids is 3. The monoisotopic (exact) mass is 433 g/mol. The number of allylic oxidation sites excluding steroid dienone is 2. The Balaban J connectivity index is 1.74. The van der Waals surface area contributed by atoms with Gasteiger partial charge >= 0.3 is 0 Å². The lowest BCUT2D eigenvalue weighted by molar-refractivity contribution is -0.117. The van der Waals surface area contributed by atoms with E-state index in [2.05, 4.69) is 27.5 Å². The van der Waals surface area contributed by atoms with E-state index in [1.54, 1.807) is 12.1 Å². The Hall–Kier alpha value is -3.68. The normalized spacial score (nSPS) is 16.9. The van der Waals surface area contributed by atoms with Crippen LogP contribution in [0.3, 0.4) is 0 Å². The third-order valence-electron chi connectivity index (χ3n) is 5.80.